The van der Waals surface area contributed by atoms with E-state index in [9.17, 15) is 9.59 Å². The summed E-state index contributed by atoms with van der Waals surface area (Å²) in [6, 6.07) is 7.04. The van der Waals surface area contributed by atoms with Crippen LogP contribution < -0.4 is 10.6 Å². The first-order valence-corrected chi connectivity index (χ1v) is 9.64. The minimum absolute atomic E-state index is 0.0964. The van der Waals surface area contributed by atoms with Crippen LogP contribution in [0.15, 0.2) is 29.4 Å². The van der Waals surface area contributed by atoms with Crippen molar-refractivity contribution in [3.05, 3.63) is 30.1 Å². The topological polar surface area (TPSA) is 88.9 Å². The third-order valence-electron chi connectivity index (χ3n) is 4.13. The van der Waals surface area contributed by atoms with Gasteiger partial charge in [0, 0.05) is 30.8 Å². The summed E-state index contributed by atoms with van der Waals surface area (Å²) in [6.07, 6.45) is 2.35. The molecule has 138 valence electrons. The van der Waals surface area contributed by atoms with Crippen LogP contribution in [0.2, 0.25) is 0 Å². The van der Waals surface area contributed by atoms with Crippen molar-refractivity contribution >= 4 is 35.0 Å². The molecule has 2 N–H and O–H groups in total. The number of hydrogen-bond donors (Lipinski definition) is 2. The van der Waals surface area contributed by atoms with E-state index in [1.807, 2.05) is 6.92 Å². The average Bonchev–Trinajstić information content (AvgIpc) is 3.37. The predicted octanol–water partition coefficient (Wildman–Crippen LogP) is 3.25. The first-order valence-electron chi connectivity index (χ1n) is 8.76. The summed E-state index contributed by atoms with van der Waals surface area (Å²) < 4.78 is 2.11. The Hall–Kier alpha value is -2.35. The molecule has 1 saturated carbocycles. The largest absolute Gasteiger partial charge is 0.326 e. The van der Waals surface area contributed by atoms with Crippen molar-refractivity contribution < 1.29 is 9.59 Å². The van der Waals surface area contributed by atoms with Crippen LogP contribution >= 0.6 is 11.8 Å². The van der Waals surface area contributed by atoms with E-state index in [2.05, 4.69) is 32.3 Å². The van der Waals surface area contributed by atoms with Gasteiger partial charge in [0.1, 0.15) is 5.82 Å². The van der Waals surface area contributed by atoms with Crippen molar-refractivity contribution in [3.63, 3.8) is 0 Å². The Morgan fingerprint density at radius 1 is 1.19 bits per heavy atom. The summed E-state index contributed by atoms with van der Waals surface area (Å²) in [7, 11) is 0. The maximum absolute atomic E-state index is 12.5. The lowest BCUT2D eigenvalue weighted by molar-refractivity contribution is -0.115. The lowest BCUT2D eigenvalue weighted by Crippen LogP contribution is -2.23. The molecule has 1 atom stereocenters. The predicted molar refractivity (Wildman–Crippen MR) is 102 cm³/mol. The number of anilines is 2. The monoisotopic (exact) mass is 373 g/mol. The van der Waals surface area contributed by atoms with Crippen LogP contribution in [0.5, 0.6) is 0 Å². The molecule has 1 aliphatic carbocycles. The number of nitrogens with one attached hydrogen (secondary N) is 2. The minimum atomic E-state index is -0.299. The Labute approximate surface area is 157 Å². The highest BCUT2D eigenvalue weighted by Crippen LogP contribution is 2.40. The average molecular weight is 373 g/mol. The number of benzene rings is 1. The fourth-order valence-electron chi connectivity index (χ4n) is 2.62. The lowest BCUT2D eigenvalue weighted by atomic mass is 10.2. The molecule has 0 unspecified atom stereocenters. The number of rotatable bonds is 7. The summed E-state index contributed by atoms with van der Waals surface area (Å²) in [4.78, 5) is 23.5. The molecule has 3 rings (SSSR count). The van der Waals surface area contributed by atoms with E-state index in [1.165, 1.54) is 31.5 Å². The summed E-state index contributed by atoms with van der Waals surface area (Å²) in [5.74, 6) is 1.34. The van der Waals surface area contributed by atoms with Gasteiger partial charge in [-0.1, -0.05) is 11.8 Å². The summed E-state index contributed by atoms with van der Waals surface area (Å²) in [5.41, 5.74) is 1.38. The first kappa shape index (κ1) is 18.4. The van der Waals surface area contributed by atoms with Crippen LogP contribution in [0.1, 0.15) is 45.4 Å². The van der Waals surface area contributed by atoms with Gasteiger partial charge in [-0.15, -0.1) is 10.2 Å². The summed E-state index contributed by atoms with van der Waals surface area (Å²) in [6.45, 7) is 6.19. The number of nitrogens with zero attached hydrogens (tertiary/aromatic N) is 3. The zero-order valence-electron chi connectivity index (χ0n) is 15.2. The van der Waals surface area contributed by atoms with Gasteiger partial charge in [-0.2, -0.15) is 0 Å². The number of thioether (sulfide) groups is 1. The van der Waals surface area contributed by atoms with Crippen molar-refractivity contribution in [3.8, 4) is 0 Å². The van der Waals surface area contributed by atoms with Crippen LogP contribution in [0.3, 0.4) is 0 Å². The Balaban J connectivity index is 1.60. The smallest absolute Gasteiger partial charge is 0.237 e. The highest BCUT2D eigenvalue weighted by Gasteiger charge is 2.30. The molecule has 0 aliphatic heterocycles. The molecule has 8 heteroatoms. The lowest BCUT2D eigenvalue weighted by Gasteiger charge is -2.13. The van der Waals surface area contributed by atoms with Gasteiger partial charge in [0.2, 0.25) is 11.8 Å². The van der Waals surface area contributed by atoms with Crippen molar-refractivity contribution in [1.82, 2.24) is 14.8 Å². The van der Waals surface area contributed by atoms with Crippen LogP contribution in [-0.4, -0.2) is 31.8 Å². The molecule has 1 heterocycles. The molecule has 0 saturated heterocycles. The van der Waals surface area contributed by atoms with Gasteiger partial charge < -0.3 is 15.2 Å². The van der Waals surface area contributed by atoms with E-state index < -0.39 is 0 Å². The zero-order chi connectivity index (χ0) is 18.7. The molecule has 1 fully saturated rings. The fourth-order valence-corrected chi connectivity index (χ4v) is 3.54. The summed E-state index contributed by atoms with van der Waals surface area (Å²) >= 11 is 1.42. The van der Waals surface area contributed by atoms with Crippen LogP contribution in [0.25, 0.3) is 0 Å². The Morgan fingerprint density at radius 2 is 1.81 bits per heavy atom. The maximum Gasteiger partial charge on any atom is 0.237 e. The maximum atomic E-state index is 12.5. The molecule has 1 aliphatic rings. The third-order valence-corrected chi connectivity index (χ3v) is 5.21. The summed E-state index contributed by atoms with van der Waals surface area (Å²) in [5, 5.41) is 14.7. The van der Waals surface area contributed by atoms with E-state index in [0.717, 1.165) is 17.5 Å². The van der Waals surface area contributed by atoms with Crippen molar-refractivity contribution in [2.24, 2.45) is 0 Å². The number of carbonyl (C=O) groups is 2. The van der Waals surface area contributed by atoms with Gasteiger partial charge in [-0.3, -0.25) is 9.59 Å². The van der Waals surface area contributed by atoms with Crippen LogP contribution in [0.4, 0.5) is 11.4 Å². The van der Waals surface area contributed by atoms with E-state index in [4.69, 9.17) is 0 Å². The molecule has 0 bridgehead atoms. The molecule has 26 heavy (non-hydrogen) atoms. The van der Waals surface area contributed by atoms with E-state index in [0.29, 0.717) is 17.3 Å². The second kappa shape index (κ2) is 7.90. The van der Waals surface area contributed by atoms with Gasteiger partial charge in [0.05, 0.1) is 5.25 Å². The molecule has 0 radical (unpaired) electrons. The minimum Gasteiger partial charge on any atom is -0.326 e. The van der Waals surface area contributed by atoms with E-state index >= 15 is 0 Å². The van der Waals surface area contributed by atoms with Crippen molar-refractivity contribution in [2.45, 2.75) is 56.5 Å². The standard InChI is InChI=1S/C18H23N5O2S/c1-4-23-16(13-5-6-13)21-22-18(23)26-11(2)17(25)20-15-9-7-14(8-10-15)19-12(3)24/h7-11,13H,4-6H2,1-3H3,(H,19,24)(H,20,25)/t11-/m1/s1. The number of amides is 2. The van der Waals surface area contributed by atoms with E-state index in [-0.39, 0.29) is 17.1 Å². The van der Waals surface area contributed by atoms with Gasteiger partial charge in [0.15, 0.2) is 5.16 Å². The Bertz CT molecular complexity index is 798. The molecule has 1 aromatic heterocycles. The van der Waals surface area contributed by atoms with E-state index in [1.54, 1.807) is 24.3 Å². The molecule has 0 spiro atoms. The van der Waals surface area contributed by atoms with Gasteiger partial charge >= 0.3 is 0 Å². The van der Waals surface area contributed by atoms with Crippen molar-refractivity contribution in [2.75, 3.05) is 10.6 Å². The number of hydrogen-bond acceptors (Lipinski definition) is 5. The molecule has 2 amide bonds. The van der Waals surface area contributed by atoms with Gasteiger partial charge in [-0.05, 0) is 51.0 Å². The third kappa shape index (κ3) is 4.43. The SMILES string of the molecule is CCn1c(S[C@H](C)C(=O)Nc2ccc(NC(C)=O)cc2)nnc1C1CC1. The van der Waals surface area contributed by atoms with Crippen LogP contribution in [-0.2, 0) is 16.1 Å². The second-order valence-corrected chi connectivity index (χ2v) is 7.68. The molecule has 2 aromatic rings. The Kier molecular flexibility index (Phi) is 5.61. The highest BCUT2D eigenvalue weighted by molar-refractivity contribution is 8.00. The van der Waals surface area contributed by atoms with Crippen molar-refractivity contribution in [1.29, 1.82) is 0 Å². The fraction of sp³-hybridized carbons (Fsp3) is 0.444. The zero-order valence-corrected chi connectivity index (χ0v) is 16.0. The van der Waals surface area contributed by atoms with Gasteiger partial charge in [0.25, 0.3) is 0 Å². The quantitative estimate of drug-likeness (QED) is 0.727. The second-order valence-electron chi connectivity index (χ2n) is 6.37. The molecular formula is C18H23N5O2S. The Morgan fingerprint density at radius 3 is 2.35 bits per heavy atom. The first-order chi connectivity index (χ1) is 12.5. The number of carbonyl (C=O) groups excluding carboxylic acids is 2. The van der Waals surface area contributed by atoms with Crippen LogP contribution in [0, 0.1) is 0 Å². The highest BCUT2D eigenvalue weighted by atomic mass is 32.2. The molecular weight excluding hydrogens is 350 g/mol. The molecule has 1 aromatic carbocycles. The molecule has 7 nitrogen and oxygen atoms in total. The van der Waals surface area contributed by atoms with Gasteiger partial charge in [-0.25, -0.2) is 0 Å². The number of aromatic nitrogens is 3. The normalized spacial score (nSPS) is 14.7.